The molecule has 5 nitrogen and oxygen atoms in total. The normalized spacial score (nSPS) is 14.6. The summed E-state index contributed by atoms with van der Waals surface area (Å²) in [5, 5.41) is 10.7. The zero-order valence-electron chi connectivity index (χ0n) is 19.8. The fraction of sp³-hybridized carbons (Fsp3) is 0.214. The number of nitriles is 1. The molecule has 1 aliphatic rings. The zero-order chi connectivity index (χ0) is 25.2. The Bertz CT molecular complexity index is 1440. The summed E-state index contributed by atoms with van der Waals surface area (Å²) < 4.78 is 17.2. The summed E-state index contributed by atoms with van der Waals surface area (Å²) in [5.41, 5.74) is 3.38. The molecule has 0 N–H and O–H groups in total. The molecule has 0 amide bonds. The number of hydrogen-bond donors (Lipinski definition) is 0. The molecular weight excluding hydrogens is 496 g/mol. The Balaban J connectivity index is 1.76. The number of likely N-dealkylation sites (N-methyl/N-ethyl adjacent to an activating group) is 1. The second kappa shape index (κ2) is 10.4. The number of imidazole rings is 1. The molecule has 5 rings (SSSR count). The molecule has 1 aromatic heterocycles. The lowest BCUT2D eigenvalue weighted by molar-refractivity contribution is 0.148. The summed E-state index contributed by atoms with van der Waals surface area (Å²) in [6.07, 6.45) is 0. The minimum atomic E-state index is -0.581. The molecule has 1 saturated heterocycles. The van der Waals surface area contributed by atoms with Gasteiger partial charge in [0.2, 0.25) is 0 Å². The van der Waals surface area contributed by atoms with E-state index in [4.69, 9.17) is 23.2 Å². The van der Waals surface area contributed by atoms with Gasteiger partial charge in [0.15, 0.2) is 11.5 Å². The van der Waals surface area contributed by atoms with Gasteiger partial charge in [-0.1, -0.05) is 65.7 Å². The predicted octanol–water partition coefficient (Wildman–Crippen LogP) is 6.27. The van der Waals surface area contributed by atoms with E-state index in [1.54, 1.807) is 16.7 Å². The molecule has 1 aliphatic heterocycles. The van der Waals surface area contributed by atoms with Crippen LogP contribution in [0.1, 0.15) is 11.3 Å². The molecule has 0 saturated carbocycles. The van der Waals surface area contributed by atoms with Crippen molar-refractivity contribution in [2.75, 3.05) is 33.2 Å². The summed E-state index contributed by atoms with van der Waals surface area (Å²) in [6, 6.07) is 22.2. The number of aromatic nitrogens is 2. The van der Waals surface area contributed by atoms with Crippen LogP contribution >= 0.6 is 23.2 Å². The molecule has 0 spiro atoms. The molecule has 36 heavy (non-hydrogen) atoms. The van der Waals surface area contributed by atoms with Crippen molar-refractivity contribution in [3.05, 3.63) is 93.8 Å². The fourth-order valence-corrected chi connectivity index (χ4v) is 4.92. The first-order valence-corrected chi connectivity index (χ1v) is 12.4. The second-order valence-electron chi connectivity index (χ2n) is 8.90. The van der Waals surface area contributed by atoms with Crippen molar-refractivity contribution >= 4 is 23.2 Å². The van der Waals surface area contributed by atoms with Crippen LogP contribution in [0.4, 0.5) is 4.39 Å². The van der Waals surface area contributed by atoms with E-state index in [2.05, 4.69) is 27.9 Å². The first kappa shape index (κ1) is 24.5. The van der Waals surface area contributed by atoms with Gasteiger partial charge in [-0.15, -0.1) is 0 Å². The number of rotatable bonds is 5. The van der Waals surface area contributed by atoms with Crippen LogP contribution in [0.15, 0.2) is 66.7 Å². The molecule has 0 unspecified atom stereocenters. The lowest BCUT2D eigenvalue weighted by Crippen LogP contribution is -2.43. The van der Waals surface area contributed by atoms with Gasteiger partial charge in [-0.3, -0.25) is 9.47 Å². The number of hydrogen-bond acceptors (Lipinski definition) is 4. The van der Waals surface area contributed by atoms with Crippen LogP contribution in [-0.2, 0) is 6.54 Å². The largest absolute Gasteiger partial charge is 0.304 e. The van der Waals surface area contributed by atoms with Crippen LogP contribution in [-0.4, -0.2) is 52.6 Å². The summed E-state index contributed by atoms with van der Waals surface area (Å²) in [4.78, 5) is 9.35. The van der Waals surface area contributed by atoms with Crippen LogP contribution in [0.2, 0.25) is 10.0 Å². The third-order valence-corrected chi connectivity index (χ3v) is 7.03. The number of nitrogens with zero attached hydrogens (tertiary/aromatic N) is 5. The summed E-state index contributed by atoms with van der Waals surface area (Å²) >= 11 is 12.7. The molecule has 2 heterocycles. The van der Waals surface area contributed by atoms with Gasteiger partial charge in [-0.25, -0.2) is 9.37 Å². The van der Waals surface area contributed by atoms with E-state index in [1.165, 1.54) is 6.07 Å². The minimum Gasteiger partial charge on any atom is -0.304 e. The van der Waals surface area contributed by atoms with Gasteiger partial charge in [-0.2, -0.15) is 5.26 Å². The van der Waals surface area contributed by atoms with Gasteiger partial charge < -0.3 is 4.90 Å². The number of halogens is 3. The van der Waals surface area contributed by atoms with Crippen LogP contribution in [0.25, 0.3) is 28.3 Å². The Hall–Kier alpha value is -3.21. The van der Waals surface area contributed by atoms with Gasteiger partial charge in [0, 0.05) is 48.9 Å². The maximum Gasteiger partial charge on any atom is 0.167 e. The maximum absolute atomic E-state index is 15.5. The average Bonchev–Trinajstić information content (AvgIpc) is 3.28. The molecule has 4 aromatic rings. The van der Waals surface area contributed by atoms with Gasteiger partial charge in [0.1, 0.15) is 11.9 Å². The number of piperazine rings is 1. The maximum atomic E-state index is 15.5. The third kappa shape index (κ3) is 4.76. The standard InChI is InChI=1S/C28H24Cl2FN5/c1-34-12-14-35(15-13-34)18-20-10-11-21(29)16-22(20)27-24(17-32)33-28(19-6-3-2-4-7-19)36(27)25-9-5-8-23(30)26(25)31/h2-11,16H,12-15,18H2,1H3. The fourth-order valence-electron chi connectivity index (χ4n) is 4.58. The van der Waals surface area contributed by atoms with Crippen molar-refractivity contribution in [3.63, 3.8) is 0 Å². The zero-order valence-corrected chi connectivity index (χ0v) is 21.3. The Morgan fingerprint density at radius 2 is 1.72 bits per heavy atom. The molecule has 0 atom stereocenters. The van der Waals surface area contributed by atoms with Crippen molar-refractivity contribution in [3.8, 4) is 34.4 Å². The monoisotopic (exact) mass is 519 g/mol. The summed E-state index contributed by atoms with van der Waals surface area (Å²) in [7, 11) is 2.12. The Labute approximate surface area is 219 Å². The van der Waals surface area contributed by atoms with E-state index < -0.39 is 5.82 Å². The van der Waals surface area contributed by atoms with E-state index in [0.717, 1.165) is 42.9 Å². The first-order valence-electron chi connectivity index (χ1n) is 11.7. The Kier molecular flexibility index (Phi) is 7.08. The predicted molar refractivity (Wildman–Crippen MR) is 142 cm³/mol. The van der Waals surface area contributed by atoms with Crippen LogP contribution < -0.4 is 0 Å². The van der Waals surface area contributed by atoms with Gasteiger partial charge in [0.25, 0.3) is 0 Å². The van der Waals surface area contributed by atoms with Crippen molar-refractivity contribution in [1.29, 1.82) is 5.26 Å². The lowest BCUT2D eigenvalue weighted by Gasteiger charge is -2.32. The highest BCUT2D eigenvalue weighted by molar-refractivity contribution is 6.31. The van der Waals surface area contributed by atoms with Gasteiger partial charge in [-0.05, 0) is 36.9 Å². The molecule has 182 valence electrons. The quantitative estimate of drug-likeness (QED) is 0.311. The van der Waals surface area contributed by atoms with E-state index >= 15 is 4.39 Å². The summed E-state index contributed by atoms with van der Waals surface area (Å²) in [5.74, 6) is -0.129. The first-order chi connectivity index (χ1) is 17.5. The van der Waals surface area contributed by atoms with E-state index in [1.807, 2.05) is 48.5 Å². The SMILES string of the molecule is CN1CCN(Cc2ccc(Cl)cc2-c2c(C#N)nc(-c3ccccc3)n2-c2cccc(Cl)c2F)CC1. The minimum absolute atomic E-state index is 0.00609. The van der Waals surface area contributed by atoms with E-state index in [0.29, 0.717) is 23.1 Å². The highest BCUT2D eigenvalue weighted by Gasteiger charge is 2.26. The van der Waals surface area contributed by atoms with Crippen molar-refractivity contribution in [2.45, 2.75) is 6.54 Å². The van der Waals surface area contributed by atoms with E-state index in [9.17, 15) is 5.26 Å². The molecular formula is C28H24Cl2FN5. The molecule has 0 bridgehead atoms. The topological polar surface area (TPSA) is 48.1 Å². The number of benzene rings is 3. The second-order valence-corrected chi connectivity index (χ2v) is 9.74. The smallest absolute Gasteiger partial charge is 0.167 e. The highest BCUT2D eigenvalue weighted by atomic mass is 35.5. The van der Waals surface area contributed by atoms with Crippen LogP contribution in [0, 0.1) is 17.1 Å². The van der Waals surface area contributed by atoms with Crippen molar-refractivity contribution in [1.82, 2.24) is 19.4 Å². The Morgan fingerprint density at radius 3 is 2.44 bits per heavy atom. The van der Waals surface area contributed by atoms with Crippen molar-refractivity contribution < 1.29 is 4.39 Å². The van der Waals surface area contributed by atoms with Crippen LogP contribution in [0.3, 0.4) is 0 Å². The van der Waals surface area contributed by atoms with Crippen molar-refractivity contribution in [2.24, 2.45) is 0 Å². The molecule has 0 aliphatic carbocycles. The Morgan fingerprint density at radius 1 is 0.972 bits per heavy atom. The van der Waals surface area contributed by atoms with Crippen LogP contribution in [0.5, 0.6) is 0 Å². The summed E-state index contributed by atoms with van der Waals surface area (Å²) in [6.45, 7) is 4.50. The molecule has 8 heteroatoms. The third-order valence-electron chi connectivity index (χ3n) is 6.50. The molecule has 3 aromatic carbocycles. The molecule has 1 fully saturated rings. The lowest BCUT2D eigenvalue weighted by atomic mass is 10.0. The van der Waals surface area contributed by atoms with Gasteiger partial charge >= 0.3 is 0 Å². The molecule has 0 radical (unpaired) electrons. The highest BCUT2D eigenvalue weighted by Crippen LogP contribution is 2.38. The van der Waals surface area contributed by atoms with Gasteiger partial charge in [0.05, 0.1) is 16.4 Å². The van der Waals surface area contributed by atoms with E-state index in [-0.39, 0.29) is 16.4 Å². The average molecular weight is 520 g/mol.